The van der Waals surface area contributed by atoms with Gasteiger partial charge in [0.2, 0.25) is 5.54 Å². The minimum absolute atomic E-state index is 0.0593. The first kappa shape index (κ1) is 31.7. The zero-order valence-corrected chi connectivity index (χ0v) is 26.4. The Morgan fingerprint density at radius 1 is 0.745 bits per heavy atom. The molecule has 2 heterocycles. The SMILES string of the molecule is CCOC(=O)C1(C(=O)OCC)NC2(C(=O)N(Cc3c4ccccc4cc4ccccc34)c3ccccc32)[C@H](C(=O)OC)[C@@H]1C(=O)OC. The molecule has 11 heteroatoms. The smallest absolute Gasteiger partial charge is 0.339 e. The predicted molar refractivity (Wildman–Crippen MR) is 171 cm³/mol. The Bertz CT molecular complexity index is 1870. The standard InChI is InChI=1S/C36H34N2O9/c1-5-46-33(42)36(34(43)47-6-2)29(31(40)45-4)28(30(39)44-3)35(37-36)26-17-11-12-18-27(26)38(32(35)41)20-25-23-15-9-7-13-21(23)19-22-14-8-10-16-24(22)25/h7-19,28-29,37H,5-6,20H2,1-4H3/t28-,29+,35?/m0/s1. The minimum Gasteiger partial charge on any atom is -0.469 e. The van der Waals surface area contributed by atoms with Crippen molar-refractivity contribution in [3.8, 4) is 0 Å². The summed E-state index contributed by atoms with van der Waals surface area (Å²) in [6, 6.07) is 24.5. The summed E-state index contributed by atoms with van der Waals surface area (Å²) in [5.41, 5.74) is -3.24. The van der Waals surface area contributed by atoms with Gasteiger partial charge in [-0.1, -0.05) is 66.7 Å². The second-order valence-corrected chi connectivity index (χ2v) is 11.4. The molecule has 0 saturated carbocycles. The van der Waals surface area contributed by atoms with Crippen LogP contribution in [0.15, 0.2) is 78.9 Å². The Hall–Kier alpha value is -5.29. The van der Waals surface area contributed by atoms with Gasteiger partial charge >= 0.3 is 23.9 Å². The number of nitrogens with zero attached hydrogens (tertiary/aromatic N) is 1. The van der Waals surface area contributed by atoms with Gasteiger partial charge in [-0.2, -0.15) is 0 Å². The molecule has 47 heavy (non-hydrogen) atoms. The third-order valence-electron chi connectivity index (χ3n) is 9.17. The molecule has 1 N–H and O–H groups in total. The van der Waals surface area contributed by atoms with Crippen LogP contribution in [0, 0.1) is 11.8 Å². The topological polar surface area (TPSA) is 138 Å². The summed E-state index contributed by atoms with van der Waals surface area (Å²) < 4.78 is 21.0. The van der Waals surface area contributed by atoms with E-state index in [9.17, 15) is 19.2 Å². The van der Waals surface area contributed by atoms with Crippen LogP contribution >= 0.6 is 0 Å². The number of rotatable bonds is 8. The third-order valence-corrected chi connectivity index (χ3v) is 9.17. The van der Waals surface area contributed by atoms with E-state index >= 15 is 4.79 Å². The molecule has 0 bridgehead atoms. The van der Waals surface area contributed by atoms with Gasteiger partial charge in [0.1, 0.15) is 17.4 Å². The Morgan fingerprint density at radius 2 is 1.26 bits per heavy atom. The number of benzene rings is 4. The number of esters is 4. The Kier molecular flexibility index (Phi) is 8.19. The monoisotopic (exact) mass is 638 g/mol. The molecule has 6 rings (SSSR count). The molecule has 0 radical (unpaired) electrons. The molecule has 1 saturated heterocycles. The summed E-state index contributed by atoms with van der Waals surface area (Å²) in [6.07, 6.45) is 0. The maximum Gasteiger partial charge on any atom is 0.339 e. The fourth-order valence-corrected chi connectivity index (χ4v) is 7.27. The number of hydrogen-bond acceptors (Lipinski definition) is 10. The van der Waals surface area contributed by atoms with E-state index in [2.05, 4.69) is 11.4 Å². The van der Waals surface area contributed by atoms with Crippen molar-refractivity contribution in [2.75, 3.05) is 32.3 Å². The number of para-hydroxylation sites is 1. The zero-order chi connectivity index (χ0) is 33.5. The lowest BCUT2D eigenvalue weighted by molar-refractivity contribution is -0.175. The first-order chi connectivity index (χ1) is 22.7. The van der Waals surface area contributed by atoms with Crippen molar-refractivity contribution >= 4 is 57.0 Å². The van der Waals surface area contributed by atoms with E-state index in [1.165, 1.54) is 18.7 Å². The molecule has 1 fully saturated rings. The van der Waals surface area contributed by atoms with E-state index in [0.717, 1.165) is 41.3 Å². The maximum atomic E-state index is 15.2. The quantitative estimate of drug-likeness (QED) is 0.131. The van der Waals surface area contributed by atoms with Crippen molar-refractivity contribution in [1.82, 2.24) is 5.32 Å². The molecular weight excluding hydrogens is 604 g/mol. The number of carbonyl (C=O) groups is 5. The molecular formula is C36H34N2O9. The molecule has 3 atom stereocenters. The molecule has 1 spiro atoms. The third kappa shape index (κ3) is 4.56. The molecule has 1 unspecified atom stereocenters. The second kappa shape index (κ2) is 12.1. The summed E-state index contributed by atoms with van der Waals surface area (Å²) in [5.74, 6) is -8.80. The van der Waals surface area contributed by atoms with Crippen LogP contribution in [0.4, 0.5) is 5.69 Å². The predicted octanol–water partition coefficient (Wildman–Crippen LogP) is 3.78. The lowest BCUT2D eigenvalue weighted by Crippen LogP contribution is -2.65. The van der Waals surface area contributed by atoms with E-state index in [0.29, 0.717) is 5.69 Å². The van der Waals surface area contributed by atoms with Crippen molar-refractivity contribution < 1.29 is 42.9 Å². The average Bonchev–Trinajstić information content (AvgIpc) is 3.54. The van der Waals surface area contributed by atoms with Gasteiger partial charge in [0.05, 0.1) is 34.0 Å². The molecule has 4 aromatic rings. The van der Waals surface area contributed by atoms with Crippen molar-refractivity contribution in [2.45, 2.75) is 31.5 Å². The zero-order valence-electron chi connectivity index (χ0n) is 26.4. The Balaban J connectivity index is 1.62. The van der Waals surface area contributed by atoms with Crippen LogP contribution < -0.4 is 10.2 Å². The highest BCUT2D eigenvalue weighted by Crippen LogP contribution is 2.56. The molecule has 2 aliphatic heterocycles. The number of carbonyl (C=O) groups excluding carboxylic acids is 5. The fourth-order valence-electron chi connectivity index (χ4n) is 7.27. The van der Waals surface area contributed by atoms with Crippen LogP contribution in [0.3, 0.4) is 0 Å². The van der Waals surface area contributed by atoms with Gasteiger partial charge < -0.3 is 23.8 Å². The van der Waals surface area contributed by atoms with Gasteiger partial charge in [-0.25, -0.2) is 9.59 Å². The molecule has 242 valence electrons. The van der Waals surface area contributed by atoms with E-state index in [1.807, 2.05) is 48.5 Å². The van der Waals surface area contributed by atoms with Gasteiger partial charge in [0, 0.05) is 11.3 Å². The molecule has 2 aliphatic rings. The molecule has 1 amide bonds. The number of ether oxygens (including phenoxy) is 4. The van der Waals surface area contributed by atoms with Crippen LogP contribution in [0.25, 0.3) is 21.5 Å². The summed E-state index contributed by atoms with van der Waals surface area (Å²) in [7, 11) is 2.16. The lowest BCUT2D eigenvalue weighted by Gasteiger charge is -2.31. The van der Waals surface area contributed by atoms with Crippen LogP contribution in [0.1, 0.15) is 25.0 Å². The van der Waals surface area contributed by atoms with Crippen molar-refractivity contribution in [1.29, 1.82) is 0 Å². The van der Waals surface area contributed by atoms with Gasteiger partial charge in [0.25, 0.3) is 5.91 Å². The second-order valence-electron chi connectivity index (χ2n) is 11.4. The number of hydrogen-bond donors (Lipinski definition) is 1. The van der Waals surface area contributed by atoms with Crippen molar-refractivity contribution in [2.24, 2.45) is 11.8 Å². The first-order valence-corrected chi connectivity index (χ1v) is 15.3. The highest BCUT2D eigenvalue weighted by Gasteiger charge is 2.79. The summed E-state index contributed by atoms with van der Waals surface area (Å²) in [4.78, 5) is 72.1. The normalized spacial score (nSPS) is 21.1. The van der Waals surface area contributed by atoms with Gasteiger partial charge in [0.15, 0.2) is 0 Å². The number of anilines is 1. The Labute approximate surface area is 270 Å². The van der Waals surface area contributed by atoms with E-state index in [1.54, 1.807) is 24.3 Å². The Morgan fingerprint density at radius 3 is 1.81 bits per heavy atom. The first-order valence-electron chi connectivity index (χ1n) is 15.3. The molecule has 4 aromatic carbocycles. The number of amides is 1. The van der Waals surface area contributed by atoms with E-state index in [4.69, 9.17) is 18.9 Å². The lowest BCUT2D eigenvalue weighted by atomic mass is 9.72. The van der Waals surface area contributed by atoms with E-state index < -0.39 is 52.7 Å². The maximum absolute atomic E-state index is 15.2. The van der Waals surface area contributed by atoms with Crippen LogP contribution in [-0.4, -0.2) is 62.8 Å². The summed E-state index contributed by atoms with van der Waals surface area (Å²) >= 11 is 0. The van der Waals surface area contributed by atoms with Gasteiger partial charge in [-0.3, -0.25) is 19.7 Å². The number of fused-ring (bicyclic) bond motifs is 4. The molecule has 11 nitrogen and oxygen atoms in total. The van der Waals surface area contributed by atoms with Crippen LogP contribution in [-0.2, 0) is 55.0 Å². The largest absolute Gasteiger partial charge is 0.469 e. The highest BCUT2D eigenvalue weighted by atomic mass is 16.6. The highest BCUT2D eigenvalue weighted by molar-refractivity contribution is 6.18. The number of methoxy groups -OCH3 is 2. The van der Waals surface area contributed by atoms with Crippen LogP contribution in [0.5, 0.6) is 0 Å². The minimum atomic E-state index is -2.64. The summed E-state index contributed by atoms with van der Waals surface area (Å²) in [6.45, 7) is 2.77. The van der Waals surface area contributed by atoms with Crippen LogP contribution in [0.2, 0.25) is 0 Å². The number of nitrogens with one attached hydrogen (secondary N) is 1. The van der Waals surface area contributed by atoms with Crippen molar-refractivity contribution in [3.05, 3.63) is 90.0 Å². The van der Waals surface area contributed by atoms with Gasteiger partial charge in [-0.05, 0) is 53.1 Å². The van der Waals surface area contributed by atoms with Gasteiger partial charge in [-0.15, -0.1) is 0 Å². The van der Waals surface area contributed by atoms with E-state index in [-0.39, 0.29) is 25.3 Å². The average molecular weight is 639 g/mol. The molecule has 0 aromatic heterocycles. The van der Waals surface area contributed by atoms with Crippen molar-refractivity contribution in [3.63, 3.8) is 0 Å². The summed E-state index contributed by atoms with van der Waals surface area (Å²) in [5, 5.41) is 6.71. The molecule has 0 aliphatic carbocycles. The fraction of sp³-hybridized carbons (Fsp3) is 0.306.